The van der Waals surface area contributed by atoms with E-state index in [-0.39, 0.29) is 30.7 Å². The number of fused-ring (bicyclic) bond motifs is 2. The molecule has 33 heavy (non-hydrogen) atoms. The van der Waals surface area contributed by atoms with Crippen LogP contribution in [0, 0.1) is 0 Å². The van der Waals surface area contributed by atoms with Crippen LogP contribution in [0.1, 0.15) is 26.4 Å². The zero-order valence-corrected chi connectivity index (χ0v) is 17.2. The molecule has 1 aliphatic rings. The van der Waals surface area contributed by atoms with Crippen LogP contribution in [0.25, 0.3) is 11.0 Å². The number of nitrogens with one attached hydrogen (secondary N) is 4. The largest absolute Gasteiger partial charge is 0.482 e. The van der Waals surface area contributed by atoms with Gasteiger partial charge in [0.1, 0.15) is 17.6 Å². The highest BCUT2D eigenvalue weighted by molar-refractivity contribution is 6.11. The monoisotopic (exact) mass is 442 g/mol. The summed E-state index contributed by atoms with van der Waals surface area (Å²) in [6, 6.07) is 14.1. The maximum atomic E-state index is 12.8. The van der Waals surface area contributed by atoms with Crippen LogP contribution < -0.4 is 20.7 Å². The van der Waals surface area contributed by atoms with Crippen molar-refractivity contribution in [2.45, 2.75) is 6.54 Å². The quantitative estimate of drug-likeness (QED) is 0.375. The van der Waals surface area contributed by atoms with Crippen LogP contribution in [0.3, 0.4) is 0 Å². The maximum Gasteiger partial charge on any atom is 0.272 e. The van der Waals surface area contributed by atoms with Crippen LogP contribution in [0.2, 0.25) is 0 Å². The second kappa shape index (κ2) is 8.42. The summed E-state index contributed by atoms with van der Waals surface area (Å²) in [5, 5.41) is 8.35. The number of carbonyl (C=O) groups is 3. The van der Waals surface area contributed by atoms with Gasteiger partial charge in [0.05, 0.1) is 16.9 Å². The molecule has 3 amide bonds. The SMILES string of the molecule is O=C1COc2ccc(CNC(=O)c3ncnc4c(NC(=O)c5ccccc5)c[nH]c34)cc2N1. The Balaban J connectivity index is 1.32. The van der Waals surface area contributed by atoms with E-state index < -0.39 is 5.91 Å². The Morgan fingerprint density at radius 2 is 1.91 bits per heavy atom. The first kappa shape index (κ1) is 20.2. The van der Waals surface area contributed by atoms with E-state index in [0.29, 0.717) is 33.7 Å². The summed E-state index contributed by atoms with van der Waals surface area (Å²) in [4.78, 5) is 48.1. The third kappa shape index (κ3) is 4.09. The van der Waals surface area contributed by atoms with E-state index in [4.69, 9.17) is 4.74 Å². The van der Waals surface area contributed by atoms with Gasteiger partial charge in [0.15, 0.2) is 12.3 Å². The number of hydrogen-bond donors (Lipinski definition) is 4. The van der Waals surface area contributed by atoms with Gasteiger partial charge < -0.3 is 25.7 Å². The van der Waals surface area contributed by atoms with Gasteiger partial charge in [-0.2, -0.15) is 0 Å². The number of aromatic nitrogens is 3. The molecule has 0 saturated carbocycles. The molecular formula is C23H18N6O4. The molecule has 0 bridgehead atoms. The number of carbonyl (C=O) groups excluding carboxylic acids is 3. The number of H-pyrrole nitrogens is 1. The molecule has 4 N–H and O–H groups in total. The predicted molar refractivity (Wildman–Crippen MR) is 120 cm³/mol. The highest BCUT2D eigenvalue weighted by atomic mass is 16.5. The zero-order valence-electron chi connectivity index (χ0n) is 17.2. The first-order valence-electron chi connectivity index (χ1n) is 10.1. The van der Waals surface area contributed by atoms with Gasteiger partial charge in [0, 0.05) is 18.3 Å². The molecule has 3 heterocycles. The summed E-state index contributed by atoms with van der Waals surface area (Å²) in [5.41, 5.74) is 3.27. The lowest BCUT2D eigenvalue weighted by Gasteiger charge is -2.18. The van der Waals surface area contributed by atoms with E-state index in [2.05, 4.69) is 30.9 Å². The minimum atomic E-state index is -0.414. The number of nitrogens with zero attached hydrogens (tertiary/aromatic N) is 2. The van der Waals surface area contributed by atoms with Gasteiger partial charge in [-0.15, -0.1) is 0 Å². The molecule has 2 aromatic heterocycles. The fourth-order valence-electron chi connectivity index (χ4n) is 3.50. The smallest absolute Gasteiger partial charge is 0.272 e. The van der Waals surface area contributed by atoms with Crippen molar-refractivity contribution in [3.8, 4) is 5.75 Å². The number of rotatable bonds is 5. The van der Waals surface area contributed by atoms with E-state index in [1.54, 1.807) is 48.7 Å². The Labute approximate surface area is 187 Å². The van der Waals surface area contributed by atoms with Crippen molar-refractivity contribution in [1.82, 2.24) is 20.3 Å². The van der Waals surface area contributed by atoms with Crippen LogP contribution >= 0.6 is 0 Å². The third-order valence-corrected chi connectivity index (χ3v) is 5.09. The molecule has 0 atom stereocenters. The summed E-state index contributed by atoms with van der Waals surface area (Å²) in [5.74, 6) is -0.347. The average Bonchev–Trinajstić information content (AvgIpc) is 3.25. The molecule has 0 fully saturated rings. The van der Waals surface area contributed by atoms with Crippen LogP contribution in [-0.2, 0) is 11.3 Å². The van der Waals surface area contributed by atoms with Crippen LogP contribution in [0.15, 0.2) is 61.1 Å². The molecule has 4 aromatic rings. The fraction of sp³-hybridized carbons (Fsp3) is 0.0870. The maximum absolute atomic E-state index is 12.8. The van der Waals surface area contributed by atoms with Crippen LogP contribution in [-0.4, -0.2) is 39.3 Å². The van der Waals surface area contributed by atoms with Crippen molar-refractivity contribution in [3.63, 3.8) is 0 Å². The van der Waals surface area contributed by atoms with E-state index in [9.17, 15) is 14.4 Å². The lowest BCUT2D eigenvalue weighted by molar-refractivity contribution is -0.118. The van der Waals surface area contributed by atoms with Gasteiger partial charge in [-0.25, -0.2) is 9.97 Å². The third-order valence-electron chi connectivity index (χ3n) is 5.09. The van der Waals surface area contributed by atoms with Gasteiger partial charge in [0.25, 0.3) is 17.7 Å². The molecule has 0 aliphatic carbocycles. The van der Waals surface area contributed by atoms with Crippen LogP contribution in [0.4, 0.5) is 11.4 Å². The van der Waals surface area contributed by atoms with Gasteiger partial charge in [0.2, 0.25) is 0 Å². The summed E-state index contributed by atoms with van der Waals surface area (Å²) < 4.78 is 5.34. The molecular weight excluding hydrogens is 424 g/mol. The van der Waals surface area contributed by atoms with E-state index in [1.165, 1.54) is 6.33 Å². The molecule has 5 rings (SSSR count). The topological polar surface area (TPSA) is 138 Å². The first-order valence-corrected chi connectivity index (χ1v) is 10.1. The number of anilines is 2. The Bertz CT molecular complexity index is 1380. The molecule has 0 spiro atoms. The van der Waals surface area contributed by atoms with Crippen molar-refractivity contribution in [1.29, 1.82) is 0 Å². The molecule has 0 radical (unpaired) electrons. The highest BCUT2D eigenvalue weighted by Crippen LogP contribution is 2.28. The van der Waals surface area contributed by atoms with Gasteiger partial charge in [-0.05, 0) is 29.8 Å². The minimum Gasteiger partial charge on any atom is -0.482 e. The summed E-state index contributed by atoms with van der Waals surface area (Å²) >= 11 is 0. The molecule has 164 valence electrons. The first-order chi connectivity index (χ1) is 16.1. The summed E-state index contributed by atoms with van der Waals surface area (Å²) in [7, 11) is 0. The van der Waals surface area contributed by atoms with Crippen molar-refractivity contribution in [3.05, 3.63) is 77.9 Å². The molecule has 10 nitrogen and oxygen atoms in total. The number of benzene rings is 2. The minimum absolute atomic E-state index is 0.0171. The van der Waals surface area contributed by atoms with Crippen LogP contribution in [0.5, 0.6) is 5.75 Å². The van der Waals surface area contributed by atoms with Crippen molar-refractivity contribution < 1.29 is 19.1 Å². The molecule has 10 heteroatoms. The van der Waals surface area contributed by atoms with Crippen molar-refractivity contribution in [2.75, 3.05) is 17.2 Å². The molecule has 0 saturated heterocycles. The standard InChI is InChI=1S/C23H18N6O4/c30-18-11-33-17-7-6-13(8-15(17)28-18)9-25-23(32)21-20-19(26-12-27-21)16(10-24-20)29-22(31)14-4-2-1-3-5-14/h1-8,10,12,24H,9,11H2,(H,25,32)(H,28,30)(H,29,31). The van der Waals surface area contributed by atoms with E-state index >= 15 is 0 Å². The lowest BCUT2D eigenvalue weighted by Crippen LogP contribution is -2.26. The number of aromatic amines is 1. The average molecular weight is 442 g/mol. The zero-order chi connectivity index (χ0) is 22.8. The van der Waals surface area contributed by atoms with E-state index in [0.717, 1.165) is 5.56 Å². The van der Waals surface area contributed by atoms with E-state index in [1.807, 2.05) is 6.07 Å². The Morgan fingerprint density at radius 1 is 1.06 bits per heavy atom. The lowest BCUT2D eigenvalue weighted by atomic mass is 10.1. The van der Waals surface area contributed by atoms with Gasteiger partial charge >= 0.3 is 0 Å². The molecule has 1 aliphatic heterocycles. The molecule has 0 unspecified atom stereocenters. The van der Waals surface area contributed by atoms with Gasteiger partial charge in [-0.3, -0.25) is 14.4 Å². The summed E-state index contributed by atoms with van der Waals surface area (Å²) in [6.45, 7) is 0.197. The number of ether oxygens (including phenoxy) is 1. The Kier molecular flexibility index (Phi) is 5.15. The van der Waals surface area contributed by atoms with Crippen molar-refractivity contribution >= 4 is 40.1 Å². The predicted octanol–water partition coefficient (Wildman–Crippen LogP) is 2.47. The summed E-state index contributed by atoms with van der Waals surface area (Å²) in [6.07, 6.45) is 2.85. The second-order valence-electron chi connectivity index (χ2n) is 7.32. The second-order valence-corrected chi connectivity index (χ2v) is 7.32. The Morgan fingerprint density at radius 3 is 2.76 bits per heavy atom. The van der Waals surface area contributed by atoms with Crippen molar-refractivity contribution in [2.24, 2.45) is 0 Å². The fourth-order valence-corrected chi connectivity index (χ4v) is 3.50. The number of amides is 3. The normalized spacial score (nSPS) is 12.4. The molecule has 2 aromatic carbocycles. The number of hydrogen-bond acceptors (Lipinski definition) is 6. The Hall–Kier alpha value is -4.73. The van der Waals surface area contributed by atoms with Gasteiger partial charge in [-0.1, -0.05) is 24.3 Å². The highest BCUT2D eigenvalue weighted by Gasteiger charge is 2.19.